The topological polar surface area (TPSA) is 61.8 Å². The van der Waals surface area contributed by atoms with Crippen LogP contribution in [0, 0.1) is 17.5 Å². The van der Waals surface area contributed by atoms with Crippen molar-refractivity contribution in [3.05, 3.63) is 83.7 Å². The predicted octanol–water partition coefficient (Wildman–Crippen LogP) is 4.12. The molecule has 1 atom stereocenters. The van der Waals surface area contributed by atoms with E-state index in [0.29, 0.717) is 17.1 Å². The standard InChI is InChI=1S/C19H12F3N3O/c20-14-3-4-15(21)17(22)16(14)18(26)13-9-25-19-12(13)6-11(8-24-19)10-2-1-5-23-7-10/h1-9,18,26H,(H,24,25). The molecule has 1 aromatic carbocycles. The number of nitrogens with zero attached hydrogens (tertiary/aromatic N) is 2. The second kappa shape index (κ2) is 6.27. The summed E-state index contributed by atoms with van der Waals surface area (Å²) >= 11 is 0. The maximum absolute atomic E-state index is 14.0. The molecular formula is C19H12F3N3O. The van der Waals surface area contributed by atoms with E-state index in [0.717, 1.165) is 17.2 Å². The van der Waals surface area contributed by atoms with Gasteiger partial charge in [-0.05, 0) is 24.3 Å². The Morgan fingerprint density at radius 1 is 1.00 bits per heavy atom. The summed E-state index contributed by atoms with van der Waals surface area (Å²) in [6.07, 6.45) is 4.62. The molecule has 0 fully saturated rings. The number of nitrogens with one attached hydrogen (secondary N) is 1. The third-order valence-electron chi connectivity index (χ3n) is 4.21. The first-order chi connectivity index (χ1) is 12.6. The molecule has 3 heterocycles. The number of fused-ring (bicyclic) bond motifs is 1. The lowest BCUT2D eigenvalue weighted by molar-refractivity contribution is 0.208. The lowest BCUT2D eigenvalue weighted by Crippen LogP contribution is -2.07. The molecule has 4 nitrogen and oxygen atoms in total. The normalized spacial score (nSPS) is 12.5. The van der Waals surface area contributed by atoms with Gasteiger partial charge in [-0.2, -0.15) is 0 Å². The average Bonchev–Trinajstić information content (AvgIpc) is 3.09. The highest BCUT2D eigenvalue weighted by Gasteiger charge is 2.25. The summed E-state index contributed by atoms with van der Waals surface area (Å²) in [6.45, 7) is 0. The SMILES string of the molecule is OC(c1c(F)ccc(F)c1F)c1c[nH]c2ncc(-c3cccnc3)cc12. The maximum Gasteiger partial charge on any atom is 0.167 e. The van der Waals surface area contributed by atoms with Crippen molar-refractivity contribution in [3.63, 3.8) is 0 Å². The molecule has 1 unspecified atom stereocenters. The van der Waals surface area contributed by atoms with Crippen LogP contribution in [0.15, 0.2) is 55.1 Å². The number of halogens is 3. The van der Waals surface area contributed by atoms with Crippen LogP contribution in [0.25, 0.3) is 22.2 Å². The molecule has 4 aromatic rings. The minimum Gasteiger partial charge on any atom is -0.383 e. The van der Waals surface area contributed by atoms with Crippen molar-refractivity contribution < 1.29 is 18.3 Å². The minimum absolute atomic E-state index is 0.196. The first-order valence-electron chi connectivity index (χ1n) is 7.75. The molecule has 4 rings (SSSR count). The molecule has 0 amide bonds. The van der Waals surface area contributed by atoms with Crippen LogP contribution in [0.4, 0.5) is 13.2 Å². The summed E-state index contributed by atoms with van der Waals surface area (Å²) in [5, 5.41) is 11.0. The van der Waals surface area contributed by atoms with Crippen molar-refractivity contribution in [1.29, 1.82) is 0 Å². The van der Waals surface area contributed by atoms with Crippen LogP contribution in [0.1, 0.15) is 17.2 Å². The van der Waals surface area contributed by atoms with Crippen molar-refractivity contribution >= 4 is 11.0 Å². The number of aliphatic hydroxyl groups excluding tert-OH is 1. The number of hydrogen-bond acceptors (Lipinski definition) is 3. The number of hydrogen-bond donors (Lipinski definition) is 2. The zero-order valence-corrected chi connectivity index (χ0v) is 13.2. The summed E-state index contributed by atoms with van der Waals surface area (Å²) in [4.78, 5) is 11.1. The van der Waals surface area contributed by atoms with Crippen molar-refractivity contribution in [2.45, 2.75) is 6.10 Å². The number of H-pyrrole nitrogens is 1. The summed E-state index contributed by atoms with van der Waals surface area (Å²) in [7, 11) is 0. The smallest absolute Gasteiger partial charge is 0.167 e. The van der Waals surface area contributed by atoms with E-state index in [4.69, 9.17) is 0 Å². The first-order valence-corrected chi connectivity index (χ1v) is 7.75. The van der Waals surface area contributed by atoms with Gasteiger partial charge in [0.05, 0.1) is 5.56 Å². The summed E-state index contributed by atoms with van der Waals surface area (Å²) in [6, 6.07) is 6.79. The second-order valence-corrected chi connectivity index (χ2v) is 5.77. The molecule has 0 bridgehead atoms. The number of rotatable bonds is 3. The summed E-state index contributed by atoms with van der Waals surface area (Å²) in [5.41, 5.74) is 1.41. The summed E-state index contributed by atoms with van der Waals surface area (Å²) in [5.74, 6) is -3.67. The zero-order chi connectivity index (χ0) is 18.3. The van der Waals surface area contributed by atoms with Crippen molar-refractivity contribution in [1.82, 2.24) is 15.0 Å². The molecule has 0 aliphatic heterocycles. The maximum atomic E-state index is 14.0. The van der Waals surface area contributed by atoms with E-state index in [1.807, 2.05) is 6.07 Å². The zero-order valence-electron chi connectivity index (χ0n) is 13.2. The van der Waals surface area contributed by atoms with Gasteiger partial charge in [0.2, 0.25) is 0 Å². The van der Waals surface area contributed by atoms with E-state index in [-0.39, 0.29) is 5.56 Å². The third-order valence-corrected chi connectivity index (χ3v) is 4.21. The van der Waals surface area contributed by atoms with Crippen LogP contribution >= 0.6 is 0 Å². The lowest BCUT2D eigenvalue weighted by atomic mass is 9.99. The Balaban J connectivity index is 1.86. The fourth-order valence-corrected chi connectivity index (χ4v) is 2.89. The highest BCUT2D eigenvalue weighted by Crippen LogP contribution is 2.33. The van der Waals surface area contributed by atoms with Crippen LogP contribution in [0.5, 0.6) is 0 Å². The number of aromatic nitrogens is 3. The third kappa shape index (κ3) is 2.62. The molecule has 130 valence electrons. The van der Waals surface area contributed by atoms with Gasteiger partial charge in [0.1, 0.15) is 17.6 Å². The molecule has 2 N–H and O–H groups in total. The highest BCUT2D eigenvalue weighted by molar-refractivity contribution is 5.85. The molecule has 0 saturated heterocycles. The molecule has 7 heteroatoms. The number of aliphatic hydroxyl groups is 1. The molecule has 26 heavy (non-hydrogen) atoms. The van der Waals surface area contributed by atoms with E-state index in [1.165, 1.54) is 6.20 Å². The largest absolute Gasteiger partial charge is 0.383 e. The van der Waals surface area contributed by atoms with Crippen LogP contribution < -0.4 is 0 Å². The Morgan fingerprint density at radius 3 is 2.58 bits per heavy atom. The van der Waals surface area contributed by atoms with E-state index in [1.54, 1.807) is 30.7 Å². The van der Waals surface area contributed by atoms with Gasteiger partial charge in [-0.15, -0.1) is 0 Å². The van der Waals surface area contributed by atoms with Gasteiger partial charge in [0, 0.05) is 46.9 Å². The Labute approximate surface area is 146 Å². The summed E-state index contributed by atoms with van der Waals surface area (Å²) < 4.78 is 41.5. The second-order valence-electron chi connectivity index (χ2n) is 5.77. The Hall–Kier alpha value is -3.19. The molecule has 0 aliphatic carbocycles. The number of aromatic amines is 1. The van der Waals surface area contributed by atoms with E-state index >= 15 is 0 Å². The predicted molar refractivity (Wildman–Crippen MR) is 89.7 cm³/mol. The molecule has 0 saturated carbocycles. The molecule has 3 aromatic heterocycles. The van der Waals surface area contributed by atoms with Gasteiger partial charge >= 0.3 is 0 Å². The Morgan fingerprint density at radius 2 is 1.81 bits per heavy atom. The van der Waals surface area contributed by atoms with E-state index < -0.39 is 29.1 Å². The van der Waals surface area contributed by atoms with Gasteiger partial charge in [-0.1, -0.05) is 6.07 Å². The van der Waals surface area contributed by atoms with Gasteiger partial charge in [-0.3, -0.25) is 4.98 Å². The number of pyridine rings is 2. The first kappa shape index (κ1) is 16.3. The van der Waals surface area contributed by atoms with Crippen molar-refractivity contribution in [3.8, 4) is 11.1 Å². The fraction of sp³-hybridized carbons (Fsp3) is 0.0526. The quantitative estimate of drug-likeness (QED) is 0.544. The average molecular weight is 355 g/mol. The van der Waals surface area contributed by atoms with Crippen LogP contribution in [-0.2, 0) is 0 Å². The van der Waals surface area contributed by atoms with Gasteiger partial charge in [-0.25, -0.2) is 18.2 Å². The Kier molecular flexibility index (Phi) is 3.93. The van der Waals surface area contributed by atoms with Gasteiger partial charge < -0.3 is 10.1 Å². The number of benzene rings is 1. The van der Waals surface area contributed by atoms with Crippen molar-refractivity contribution in [2.75, 3.05) is 0 Å². The molecule has 0 radical (unpaired) electrons. The lowest BCUT2D eigenvalue weighted by Gasteiger charge is -2.13. The van der Waals surface area contributed by atoms with E-state index in [9.17, 15) is 18.3 Å². The fourth-order valence-electron chi connectivity index (χ4n) is 2.89. The van der Waals surface area contributed by atoms with Crippen LogP contribution in [0.2, 0.25) is 0 Å². The highest BCUT2D eigenvalue weighted by atomic mass is 19.2. The minimum atomic E-state index is -1.69. The molecule has 0 spiro atoms. The van der Waals surface area contributed by atoms with Crippen LogP contribution in [-0.4, -0.2) is 20.1 Å². The Bertz CT molecular complexity index is 1100. The van der Waals surface area contributed by atoms with E-state index in [2.05, 4.69) is 15.0 Å². The van der Waals surface area contributed by atoms with Gasteiger partial charge in [0.25, 0.3) is 0 Å². The van der Waals surface area contributed by atoms with Crippen LogP contribution in [0.3, 0.4) is 0 Å². The van der Waals surface area contributed by atoms with Gasteiger partial charge in [0.15, 0.2) is 11.6 Å². The molecular weight excluding hydrogens is 343 g/mol. The molecule has 0 aliphatic rings. The monoisotopic (exact) mass is 355 g/mol. The van der Waals surface area contributed by atoms with Crippen molar-refractivity contribution in [2.24, 2.45) is 0 Å².